The number of carbonyl (C=O) groups is 1. The van der Waals surface area contributed by atoms with Crippen molar-refractivity contribution in [1.82, 2.24) is 4.90 Å². The van der Waals surface area contributed by atoms with Gasteiger partial charge in [0.15, 0.2) is 0 Å². The minimum Gasteiger partial charge on any atom is -0.381 e. The van der Waals surface area contributed by atoms with Crippen LogP contribution in [0.15, 0.2) is 24.3 Å². The van der Waals surface area contributed by atoms with Gasteiger partial charge in [-0.1, -0.05) is 26.0 Å². The second-order valence-electron chi connectivity index (χ2n) is 6.61. The molecular formula is C16H23N3O. The highest BCUT2D eigenvalue weighted by Crippen LogP contribution is 2.31. The molecule has 0 radical (unpaired) electrons. The lowest BCUT2D eigenvalue weighted by Gasteiger charge is -2.39. The van der Waals surface area contributed by atoms with Crippen LogP contribution in [-0.4, -0.2) is 36.5 Å². The second kappa shape index (κ2) is 5.00. The Balaban J connectivity index is 1.65. The Bertz CT molecular complexity index is 502. The molecule has 2 aliphatic heterocycles. The molecule has 20 heavy (non-hydrogen) atoms. The van der Waals surface area contributed by atoms with Crippen molar-refractivity contribution in [3.8, 4) is 0 Å². The lowest BCUT2D eigenvalue weighted by atomic mass is 9.82. The molecule has 1 amide bonds. The fraction of sp³-hybridized carbons (Fsp3) is 0.562. The molecule has 4 heteroatoms. The number of benzene rings is 1. The average Bonchev–Trinajstić information content (AvgIpc) is 2.46. The summed E-state index contributed by atoms with van der Waals surface area (Å²) in [6, 6.07) is 7.89. The first kappa shape index (κ1) is 13.3. The van der Waals surface area contributed by atoms with E-state index in [1.165, 1.54) is 0 Å². The summed E-state index contributed by atoms with van der Waals surface area (Å²) >= 11 is 0. The SMILES string of the molecule is CC1(C)CCN(C(=O)C2CNc3ccccc3N2)CC1. The minimum atomic E-state index is -0.147. The second-order valence-corrected chi connectivity index (χ2v) is 6.61. The Morgan fingerprint density at radius 3 is 2.55 bits per heavy atom. The number of para-hydroxylation sites is 2. The Morgan fingerprint density at radius 2 is 1.85 bits per heavy atom. The number of carbonyl (C=O) groups excluding carboxylic acids is 1. The third kappa shape index (κ3) is 2.60. The zero-order valence-corrected chi connectivity index (χ0v) is 12.3. The van der Waals surface area contributed by atoms with Gasteiger partial charge in [-0.05, 0) is 30.4 Å². The van der Waals surface area contributed by atoms with E-state index in [9.17, 15) is 4.79 Å². The number of fused-ring (bicyclic) bond motifs is 1. The van der Waals surface area contributed by atoms with Gasteiger partial charge in [-0.2, -0.15) is 0 Å². The van der Waals surface area contributed by atoms with Crippen LogP contribution in [0.5, 0.6) is 0 Å². The van der Waals surface area contributed by atoms with Crippen molar-refractivity contribution in [3.63, 3.8) is 0 Å². The summed E-state index contributed by atoms with van der Waals surface area (Å²) in [4.78, 5) is 14.6. The topological polar surface area (TPSA) is 44.4 Å². The predicted octanol–water partition coefficient (Wildman–Crippen LogP) is 2.54. The van der Waals surface area contributed by atoms with Crippen LogP contribution in [0.1, 0.15) is 26.7 Å². The third-order valence-corrected chi connectivity index (χ3v) is 4.48. The van der Waals surface area contributed by atoms with Gasteiger partial charge >= 0.3 is 0 Å². The number of anilines is 2. The van der Waals surface area contributed by atoms with Gasteiger partial charge < -0.3 is 15.5 Å². The van der Waals surface area contributed by atoms with E-state index < -0.39 is 0 Å². The van der Waals surface area contributed by atoms with E-state index >= 15 is 0 Å². The molecule has 1 aromatic rings. The lowest BCUT2D eigenvalue weighted by Crippen LogP contribution is -2.51. The van der Waals surface area contributed by atoms with Crippen LogP contribution in [0.2, 0.25) is 0 Å². The molecule has 1 fully saturated rings. The first-order valence-corrected chi connectivity index (χ1v) is 7.43. The number of hydrogen-bond donors (Lipinski definition) is 2. The first-order valence-electron chi connectivity index (χ1n) is 7.43. The highest BCUT2D eigenvalue weighted by atomic mass is 16.2. The van der Waals surface area contributed by atoms with E-state index in [0.717, 1.165) is 37.3 Å². The summed E-state index contributed by atoms with van der Waals surface area (Å²) < 4.78 is 0. The average molecular weight is 273 g/mol. The van der Waals surface area contributed by atoms with Crippen LogP contribution < -0.4 is 10.6 Å². The van der Waals surface area contributed by atoms with Gasteiger partial charge in [-0.25, -0.2) is 0 Å². The molecule has 0 spiro atoms. The number of nitrogens with zero attached hydrogens (tertiary/aromatic N) is 1. The first-order chi connectivity index (χ1) is 9.55. The van der Waals surface area contributed by atoms with Crippen molar-refractivity contribution in [2.45, 2.75) is 32.7 Å². The normalized spacial score (nSPS) is 24.3. The zero-order valence-electron chi connectivity index (χ0n) is 12.3. The molecule has 0 aliphatic carbocycles. The van der Waals surface area contributed by atoms with Crippen molar-refractivity contribution in [3.05, 3.63) is 24.3 Å². The number of likely N-dealkylation sites (tertiary alicyclic amines) is 1. The van der Waals surface area contributed by atoms with Gasteiger partial charge in [0.05, 0.1) is 11.4 Å². The quantitative estimate of drug-likeness (QED) is 0.826. The Labute approximate surface area is 120 Å². The molecule has 1 unspecified atom stereocenters. The highest BCUT2D eigenvalue weighted by molar-refractivity contribution is 5.88. The van der Waals surface area contributed by atoms with Crippen LogP contribution in [0.3, 0.4) is 0 Å². The molecule has 0 aromatic heterocycles. The van der Waals surface area contributed by atoms with Crippen molar-refractivity contribution in [2.24, 2.45) is 5.41 Å². The monoisotopic (exact) mass is 273 g/mol. The van der Waals surface area contributed by atoms with E-state index in [1.807, 2.05) is 29.2 Å². The van der Waals surface area contributed by atoms with Gasteiger partial charge in [0, 0.05) is 19.6 Å². The summed E-state index contributed by atoms with van der Waals surface area (Å²) in [5, 5.41) is 6.70. The van der Waals surface area contributed by atoms with E-state index in [-0.39, 0.29) is 11.9 Å². The van der Waals surface area contributed by atoms with Crippen molar-refractivity contribution in [1.29, 1.82) is 0 Å². The summed E-state index contributed by atoms with van der Waals surface area (Å²) in [5.41, 5.74) is 2.48. The van der Waals surface area contributed by atoms with E-state index in [1.54, 1.807) is 0 Å². The fourth-order valence-corrected chi connectivity index (χ4v) is 2.92. The van der Waals surface area contributed by atoms with Crippen LogP contribution in [0, 0.1) is 5.41 Å². The van der Waals surface area contributed by atoms with E-state index in [0.29, 0.717) is 12.0 Å². The van der Waals surface area contributed by atoms with Crippen molar-refractivity contribution in [2.75, 3.05) is 30.3 Å². The number of nitrogens with one attached hydrogen (secondary N) is 2. The van der Waals surface area contributed by atoms with Crippen LogP contribution in [-0.2, 0) is 4.79 Å². The molecule has 1 atom stereocenters. The smallest absolute Gasteiger partial charge is 0.246 e. The summed E-state index contributed by atoms with van der Waals surface area (Å²) in [6.45, 7) is 6.99. The molecule has 108 valence electrons. The number of rotatable bonds is 1. The maximum Gasteiger partial charge on any atom is 0.246 e. The molecule has 1 saturated heterocycles. The minimum absolute atomic E-state index is 0.147. The molecule has 2 aliphatic rings. The molecule has 3 rings (SSSR count). The maximum atomic E-state index is 12.6. The number of piperidine rings is 1. The lowest BCUT2D eigenvalue weighted by molar-refractivity contribution is -0.133. The summed E-state index contributed by atoms with van der Waals surface area (Å²) in [6.07, 6.45) is 2.19. The van der Waals surface area contributed by atoms with Gasteiger partial charge in [0.1, 0.15) is 6.04 Å². The Morgan fingerprint density at radius 1 is 1.20 bits per heavy atom. The van der Waals surface area contributed by atoms with Gasteiger partial charge in [-0.15, -0.1) is 0 Å². The van der Waals surface area contributed by atoms with Gasteiger partial charge in [0.2, 0.25) is 5.91 Å². The Kier molecular flexibility index (Phi) is 3.32. The molecular weight excluding hydrogens is 250 g/mol. The number of hydrogen-bond acceptors (Lipinski definition) is 3. The van der Waals surface area contributed by atoms with Gasteiger partial charge in [-0.3, -0.25) is 4.79 Å². The summed E-state index contributed by atoms with van der Waals surface area (Å²) in [5.74, 6) is 0.225. The fourth-order valence-electron chi connectivity index (χ4n) is 2.92. The molecule has 4 nitrogen and oxygen atoms in total. The Hall–Kier alpha value is -1.71. The molecule has 2 heterocycles. The molecule has 0 bridgehead atoms. The van der Waals surface area contributed by atoms with E-state index in [4.69, 9.17) is 0 Å². The van der Waals surface area contributed by atoms with Crippen molar-refractivity contribution < 1.29 is 4.79 Å². The highest BCUT2D eigenvalue weighted by Gasteiger charge is 2.32. The third-order valence-electron chi connectivity index (χ3n) is 4.48. The van der Waals surface area contributed by atoms with Gasteiger partial charge in [0.25, 0.3) is 0 Å². The predicted molar refractivity (Wildman–Crippen MR) is 81.9 cm³/mol. The standard InChI is InChI=1S/C16H23N3O/c1-16(2)7-9-19(10-8-16)15(20)14-11-17-12-5-3-4-6-13(12)18-14/h3-6,14,17-18H,7-11H2,1-2H3. The molecule has 0 saturated carbocycles. The maximum absolute atomic E-state index is 12.6. The summed E-state index contributed by atoms with van der Waals surface area (Å²) in [7, 11) is 0. The largest absolute Gasteiger partial charge is 0.381 e. The van der Waals surface area contributed by atoms with E-state index in [2.05, 4.69) is 24.5 Å². The number of amides is 1. The van der Waals surface area contributed by atoms with Crippen LogP contribution >= 0.6 is 0 Å². The van der Waals surface area contributed by atoms with Crippen molar-refractivity contribution >= 4 is 17.3 Å². The molecule has 1 aromatic carbocycles. The zero-order chi connectivity index (χ0) is 14.2. The van der Waals surface area contributed by atoms with Crippen LogP contribution in [0.25, 0.3) is 0 Å². The van der Waals surface area contributed by atoms with Crippen LogP contribution in [0.4, 0.5) is 11.4 Å². The molecule has 2 N–H and O–H groups in total.